The van der Waals surface area contributed by atoms with E-state index in [1.807, 2.05) is 24.3 Å². The molecule has 0 heterocycles. The highest BCUT2D eigenvalue weighted by atomic mass is 79.9. The van der Waals surface area contributed by atoms with E-state index in [-0.39, 0.29) is 11.7 Å². The second kappa shape index (κ2) is 5.82. The lowest BCUT2D eigenvalue weighted by atomic mass is 9.78. The van der Waals surface area contributed by atoms with E-state index in [1.54, 1.807) is 13.2 Å². The van der Waals surface area contributed by atoms with Crippen molar-refractivity contribution in [1.82, 2.24) is 0 Å². The van der Waals surface area contributed by atoms with Crippen LogP contribution in [0.3, 0.4) is 0 Å². The van der Waals surface area contributed by atoms with Crippen LogP contribution in [0.5, 0.6) is 5.75 Å². The second-order valence-electron chi connectivity index (χ2n) is 5.14. The van der Waals surface area contributed by atoms with Gasteiger partial charge in [0.1, 0.15) is 11.5 Å². The molecule has 0 bridgehead atoms. The molecule has 3 rings (SSSR count). The van der Waals surface area contributed by atoms with Crippen molar-refractivity contribution < 1.29 is 9.53 Å². The highest BCUT2D eigenvalue weighted by Gasteiger charge is 2.29. The molecule has 0 fully saturated rings. The third-order valence-electron chi connectivity index (χ3n) is 3.89. The topological polar surface area (TPSA) is 26.3 Å². The summed E-state index contributed by atoms with van der Waals surface area (Å²) in [5.41, 5.74) is 3.24. The zero-order valence-electron chi connectivity index (χ0n) is 11.5. The van der Waals surface area contributed by atoms with Crippen molar-refractivity contribution in [1.29, 1.82) is 0 Å². The molecule has 0 radical (unpaired) electrons. The van der Waals surface area contributed by atoms with Gasteiger partial charge in [0.15, 0.2) is 0 Å². The molecule has 0 saturated carbocycles. The molecule has 1 aliphatic carbocycles. The SMILES string of the molecule is COc1cc(C2C(=O)CCc3cc(Br)ccc32)ccc1Cl. The first-order valence-electron chi connectivity index (χ1n) is 6.74. The minimum absolute atomic E-state index is 0.229. The molecule has 1 unspecified atom stereocenters. The van der Waals surface area contributed by atoms with Gasteiger partial charge in [-0.3, -0.25) is 4.79 Å². The Hall–Kier alpha value is -1.32. The molecule has 4 heteroatoms. The number of rotatable bonds is 2. The lowest BCUT2D eigenvalue weighted by Crippen LogP contribution is -2.21. The van der Waals surface area contributed by atoms with Crippen molar-refractivity contribution in [3.63, 3.8) is 0 Å². The minimum atomic E-state index is -0.229. The number of hydrogen-bond donors (Lipinski definition) is 0. The van der Waals surface area contributed by atoms with E-state index in [9.17, 15) is 4.79 Å². The molecule has 108 valence electrons. The molecule has 2 aromatic rings. The molecule has 1 aliphatic rings. The summed E-state index contributed by atoms with van der Waals surface area (Å²) in [5.74, 6) is 0.619. The van der Waals surface area contributed by atoms with E-state index in [1.165, 1.54) is 5.56 Å². The number of hydrogen-bond acceptors (Lipinski definition) is 2. The molecule has 0 amide bonds. The fourth-order valence-corrected chi connectivity index (χ4v) is 3.47. The number of methoxy groups -OCH3 is 1. The molecule has 0 aromatic heterocycles. The zero-order chi connectivity index (χ0) is 15.0. The standard InChI is InChI=1S/C17H14BrClO2/c1-21-16-9-11(2-6-14(16)19)17-13-5-4-12(18)8-10(13)3-7-15(17)20/h2,4-6,8-9,17H,3,7H2,1H3. The van der Waals surface area contributed by atoms with E-state index in [0.29, 0.717) is 17.2 Å². The molecular formula is C17H14BrClO2. The maximum absolute atomic E-state index is 12.4. The maximum atomic E-state index is 12.4. The Bertz CT molecular complexity index is 712. The lowest BCUT2D eigenvalue weighted by molar-refractivity contribution is -0.120. The second-order valence-corrected chi connectivity index (χ2v) is 6.46. The number of Topliss-reactive ketones (excluding diaryl/α,β-unsaturated/α-hetero) is 1. The smallest absolute Gasteiger partial charge is 0.145 e. The van der Waals surface area contributed by atoms with Gasteiger partial charge in [0.2, 0.25) is 0 Å². The Morgan fingerprint density at radius 1 is 1.19 bits per heavy atom. The number of aryl methyl sites for hydroxylation is 1. The Kier molecular flexibility index (Phi) is 4.05. The summed E-state index contributed by atoms with van der Waals surface area (Å²) in [4.78, 5) is 12.4. The van der Waals surface area contributed by atoms with Gasteiger partial charge in [-0.15, -0.1) is 0 Å². The third-order valence-corrected chi connectivity index (χ3v) is 4.69. The Morgan fingerprint density at radius 3 is 2.76 bits per heavy atom. The molecule has 0 aliphatic heterocycles. The Labute approximate surface area is 137 Å². The Balaban J connectivity index is 2.12. The van der Waals surface area contributed by atoms with Gasteiger partial charge in [-0.05, 0) is 47.4 Å². The zero-order valence-corrected chi connectivity index (χ0v) is 13.9. The number of carbonyl (C=O) groups is 1. The summed E-state index contributed by atoms with van der Waals surface area (Å²) < 4.78 is 6.31. The summed E-state index contributed by atoms with van der Waals surface area (Å²) in [5, 5.41) is 0.556. The van der Waals surface area contributed by atoms with Crippen molar-refractivity contribution in [2.45, 2.75) is 18.8 Å². The summed E-state index contributed by atoms with van der Waals surface area (Å²) >= 11 is 9.57. The van der Waals surface area contributed by atoms with Crippen molar-refractivity contribution in [3.8, 4) is 5.75 Å². The fourth-order valence-electron chi connectivity index (χ4n) is 2.87. The van der Waals surface area contributed by atoms with Gasteiger partial charge in [-0.2, -0.15) is 0 Å². The van der Waals surface area contributed by atoms with Gasteiger partial charge in [0, 0.05) is 10.9 Å². The summed E-state index contributed by atoms with van der Waals surface area (Å²) in [6.45, 7) is 0. The van der Waals surface area contributed by atoms with E-state index in [0.717, 1.165) is 22.0 Å². The molecule has 2 nitrogen and oxygen atoms in total. The van der Waals surface area contributed by atoms with Crippen LogP contribution in [0.1, 0.15) is 29.0 Å². The molecule has 2 aromatic carbocycles. The predicted molar refractivity (Wildman–Crippen MR) is 87.3 cm³/mol. The van der Waals surface area contributed by atoms with Crippen LogP contribution >= 0.6 is 27.5 Å². The minimum Gasteiger partial charge on any atom is -0.495 e. The highest BCUT2D eigenvalue weighted by molar-refractivity contribution is 9.10. The van der Waals surface area contributed by atoms with Crippen LogP contribution in [-0.2, 0) is 11.2 Å². The van der Waals surface area contributed by atoms with Crippen LogP contribution < -0.4 is 4.74 Å². The monoisotopic (exact) mass is 364 g/mol. The fraction of sp³-hybridized carbons (Fsp3) is 0.235. The lowest BCUT2D eigenvalue weighted by Gasteiger charge is -2.25. The van der Waals surface area contributed by atoms with Gasteiger partial charge >= 0.3 is 0 Å². The predicted octanol–water partition coefficient (Wildman–Crippen LogP) is 4.76. The van der Waals surface area contributed by atoms with Crippen LogP contribution in [-0.4, -0.2) is 12.9 Å². The van der Waals surface area contributed by atoms with Crippen LogP contribution in [0.4, 0.5) is 0 Å². The molecule has 21 heavy (non-hydrogen) atoms. The normalized spacial score (nSPS) is 17.5. The van der Waals surface area contributed by atoms with Crippen molar-refractivity contribution in [3.05, 3.63) is 62.6 Å². The molecule has 0 N–H and O–H groups in total. The number of carbonyl (C=O) groups excluding carboxylic acids is 1. The van der Waals surface area contributed by atoms with Crippen LogP contribution in [0.2, 0.25) is 5.02 Å². The van der Waals surface area contributed by atoms with Gasteiger partial charge < -0.3 is 4.74 Å². The average molecular weight is 366 g/mol. The first kappa shape index (κ1) is 14.6. The number of benzene rings is 2. The number of ketones is 1. The highest BCUT2D eigenvalue weighted by Crippen LogP contribution is 2.38. The van der Waals surface area contributed by atoms with Gasteiger partial charge in [-0.1, -0.05) is 39.7 Å². The van der Waals surface area contributed by atoms with E-state index in [4.69, 9.17) is 16.3 Å². The number of fused-ring (bicyclic) bond motifs is 1. The van der Waals surface area contributed by atoms with E-state index in [2.05, 4.69) is 22.0 Å². The largest absolute Gasteiger partial charge is 0.495 e. The molecule has 0 spiro atoms. The van der Waals surface area contributed by atoms with Crippen molar-refractivity contribution in [2.75, 3.05) is 7.11 Å². The first-order valence-corrected chi connectivity index (χ1v) is 7.91. The molecule has 1 atom stereocenters. The molecule has 0 saturated heterocycles. The number of halogens is 2. The van der Waals surface area contributed by atoms with Gasteiger partial charge in [0.05, 0.1) is 18.1 Å². The van der Waals surface area contributed by atoms with Gasteiger partial charge in [0.25, 0.3) is 0 Å². The average Bonchev–Trinajstić information content (AvgIpc) is 2.48. The third kappa shape index (κ3) is 2.72. The van der Waals surface area contributed by atoms with Crippen LogP contribution in [0.25, 0.3) is 0 Å². The maximum Gasteiger partial charge on any atom is 0.145 e. The van der Waals surface area contributed by atoms with Crippen molar-refractivity contribution >= 4 is 33.3 Å². The molecular weight excluding hydrogens is 352 g/mol. The summed E-state index contributed by atoms with van der Waals surface area (Å²) in [6.07, 6.45) is 1.37. The van der Waals surface area contributed by atoms with Crippen LogP contribution in [0.15, 0.2) is 40.9 Å². The van der Waals surface area contributed by atoms with E-state index >= 15 is 0 Å². The van der Waals surface area contributed by atoms with E-state index < -0.39 is 0 Å². The quantitative estimate of drug-likeness (QED) is 0.767. The van der Waals surface area contributed by atoms with Gasteiger partial charge in [-0.25, -0.2) is 0 Å². The number of ether oxygens (including phenoxy) is 1. The summed E-state index contributed by atoms with van der Waals surface area (Å²) in [7, 11) is 1.58. The summed E-state index contributed by atoms with van der Waals surface area (Å²) in [6, 6.07) is 11.7. The Morgan fingerprint density at radius 2 is 2.00 bits per heavy atom. The van der Waals surface area contributed by atoms with Crippen LogP contribution in [0, 0.1) is 0 Å². The first-order chi connectivity index (χ1) is 10.1. The van der Waals surface area contributed by atoms with Crippen molar-refractivity contribution in [2.24, 2.45) is 0 Å².